The molecule has 3 aliphatic carbocycles. The van der Waals surface area contributed by atoms with Crippen LogP contribution in [0.2, 0.25) is 0 Å². The van der Waals surface area contributed by atoms with Gasteiger partial charge in [0.25, 0.3) is 5.91 Å². The van der Waals surface area contributed by atoms with Crippen LogP contribution in [-0.2, 0) is 25.4 Å². The Balaban J connectivity index is 1.32. The van der Waals surface area contributed by atoms with Crippen molar-refractivity contribution in [3.63, 3.8) is 0 Å². The maximum absolute atomic E-state index is 13.0. The summed E-state index contributed by atoms with van der Waals surface area (Å²) in [5.74, 6) is 0.161. The molecule has 5 aliphatic rings. The van der Waals surface area contributed by atoms with Crippen molar-refractivity contribution in [3.05, 3.63) is 35.8 Å². The lowest BCUT2D eigenvalue weighted by molar-refractivity contribution is -0.219. The predicted octanol–water partition coefficient (Wildman–Crippen LogP) is 4.06. The summed E-state index contributed by atoms with van der Waals surface area (Å²) < 4.78 is 19.7. The minimum atomic E-state index is -0.709. The smallest absolute Gasteiger partial charge is 0.251 e. The predicted molar refractivity (Wildman–Crippen MR) is 136 cm³/mol. The Labute approximate surface area is 213 Å². The van der Waals surface area contributed by atoms with Gasteiger partial charge in [0.15, 0.2) is 11.9 Å². The third kappa shape index (κ3) is 4.48. The number of carbonyl (C=O) groups is 1. The van der Waals surface area contributed by atoms with Crippen molar-refractivity contribution in [3.8, 4) is 0 Å². The van der Waals surface area contributed by atoms with Crippen LogP contribution in [0.25, 0.3) is 5.57 Å². The van der Waals surface area contributed by atoms with Gasteiger partial charge in [-0.2, -0.15) is 0 Å². The molecule has 194 valence electrons. The molecule has 6 rings (SSSR count). The molecule has 2 aliphatic heterocycles. The fraction of sp³-hybridized carbons (Fsp3) is 0.679. The van der Waals surface area contributed by atoms with E-state index in [1.807, 2.05) is 6.92 Å². The van der Waals surface area contributed by atoms with Gasteiger partial charge in [0.1, 0.15) is 30.5 Å². The largest absolute Gasteiger partial charge is 0.367 e. The Morgan fingerprint density at radius 1 is 1.06 bits per heavy atom. The molecule has 2 saturated carbocycles. The van der Waals surface area contributed by atoms with E-state index in [1.54, 1.807) is 6.33 Å². The lowest BCUT2D eigenvalue weighted by Gasteiger charge is -2.34. The average molecular weight is 495 g/mol. The van der Waals surface area contributed by atoms with Crippen LogP contribution in [0.5, 0.6) is 0 Å². The number of ether oxygens (including phenoxy) is 3. The van der Waals surface area contributed by atoms with Crippen LogP contribution in [0.1, 0.15) is 82.4 Å². The zero-order chi connectivity index (χ0) is 24.5. The van der Waals surface area contributed by atoms with Crippen molar-refractivity contribution < 1.29 is 19.0 Å². The SMILES string of the molecule is CCNC(=O)C1OC(C2=CC=CCc3c(NC4CCCCC4)ncnc32)C2OC3(CCCCC3)OC12. The van der Waals surface area contributed by atoms with E-state index in [4.69, 9.17) is 19.2 Å². The van der Waals surface area contributed by atoms with Crippen LogP contribution < -0.4 is 10.6 Å². The van der Waals surface area contributed by atoms with E-state index in [0.29, 0.717) is 12.6 Å². The van der Waals surface area contributed by atoms with Crippen molar-refractivity contribution in [2.24, 2.45) is 0 Å². The molecule has 2 N–H and O–H groups in total. The van der Waals surface area contributed by atoms with Gasteiger partial charge in [-0.25, -0.2) is 9.97 Å². The third-order valence-corrected chi connectivity index (χ3v) is 8.35. The van der Waals surface area contributed by atoms with Gasteiger partial charge in [0.05, 0.1) is 5.69 Å². The molecule has 8 nitrogen and oxygen atoms in total. The third-order valence-electron chi connectivity index (χ3n) is 8.35. The molecule has 0 aromatic carbocycles. The second kappa shape index (κ2) is 10.2. The Morgan fingerprint density at radius 3 is 2.64 bits per heavy atom. The summed E-state index contributed by atoms with van der Waals surface area (Å²) in [5, 5.41) is 6.64. The first kappa shape index (κ1) is 24.1. The number of amides is 1. The summed E-state index contributed by atoms with van der Waals surface area (Å²) in [6.07, 6.45) is 18.0. The minimum absolute atomic E-state index is 0.140. The Morgan fingerprint density at radius 2 is 1.83 bits per heavy atom. The van der Waals surface area contributed by atoms with Crippen LogP contribution in [0.3, 0.4) is 0 Å². The molecular formula is C28H38N4O4. The molecule has 1 spiro atoms. The summed E-state index contributed by atoms with van der Waals surface area (Å²) in [6.45, 7) is 2.47. The number of anilines is 1. The number of allylic oxidation sites excluding steroid dienone is 3. The van der Waals surface area contributed by atoms with Gasteiger partial charge in [0, 0.05) is 36.6 Å². The van der Waals surface area contributed by atoms with E-state index in [1.165, 1.54) is 38.5 Å². The van der Waals surface area contributed by atoms with E-state index in [-0.39, 0.29) is 12.0 Å². The number of hydrogen-bond donors (Lipinski definition) is 2. The topological polar surface area (TPSA) is 94.6 Å². The van der Waals surface area contributed by atoms with Crippen LogP contribution in [0.15, 0.2) is 24.6 Å². The fourth-order valence-electron chi connectivity index (χ4n) is 6.59. The Bertz CT molecular complexity index is 1030. The maximum atomic E-state index is 13.0. The maximum Gasteiger partial charge on any atom is 0.251 e. The number of carbonyl (C=O) groups excluding carboxylic acids is 1. The number of nitrogens with zero attached hydrogens (tertiary/aromatic N) is 2. The van der Waals surface area contributed by atoms with Gasteiger partial charge in [-0.3, -0.25) is 4.79 Å². The number of fused-ring (bicyclic) bond motifs is 2. The van der Waals surface area contributed by atoms with Crippen molar-refractivity contribution >= 4 is 17.3 Å². The van der Waals surface area contributed by atoms with Gasteiger partial charge in [-0.15, -0.1) is 0 Å². The molecule has 2 saturated heterocycles. The van der Waals surface area contributed by atoms with Crippen LogP contribution >= 0.6 is 0 Å². The first-order valence-electron chi connectivity index (χ1n) is 13.9. The molecule has 1 amide bonds. The number of hydrogen-bond acceptors (Lipinski definition) is 7. The molecule has 0 bridgehead atoms. The van der Waals surface area contributed by atoms with E-state index in [2.05, 4.69) is 33.8 Å². The number of likely N-dealkylation sites (N-methyl/N-ethyl adjacent to an activating group) is 1. The van der Waals surface area contributed by atoms with Crippen LogP contribution in [0.4, 0.5) is 5.82 Å². The molecule has 4 unspecified atom stereocenters. The summed E-state index contributed by atoms with van der Waals surface area (Å²) in [7, 11) is 0. The summed E-state index contributed by atoms with van der Waals surface area (Å²) >= 11 is 0. The minimum Gasteiger partial charge on any atom is -0.367 e. The van der Waals surface area contributed by atoms with E-state index >= 15 is 0 Å². The molecule has 4 fully saturated rings. The summed E-state index contributed by atoms with van der Waals surface area (Å²) in [5.41, 5.74) is 2.89. The highest BCUT2D eigenvalue weighted by Gasteiger charge is 2.60. The van der Waals surface area contributed by atoms with Gasteiger partial charge in [0.2, 0.25) is 0 Å². The number of rotatable bonds is 5. The normalized spacial score (nSPS) is 31.4. The van der Waals surface area contributed by atoms with Gasteiger partial charge in [-0.05, 0) is 39.0 Å². The summed E-state index contributed by atoms with van der Waals surface area (Å²) in [4.78, 5) is 22.4. The monoisotopic (exact) mass is 494 g/mol. The van der Waals surface area contributed by atoms with Crippen LogP contribution in [-0.4, -0.2) is 58.7 Å². The van der Waals surface area contributed by atoms with E-state index < -0.39 is 24.1 Å². The van der Waals surface area contributed by atoms with Gasteiger partial charge < -0.3 is 24.8 Å². The van der Waals surface area contributed by atoms with Crippen molar-refractivity contribution in [2.75, 3.05) is 11.9 Å². The molecule has 1 aromatic heterocycles. The molecule has 8 heteroatoms. The molecule has 4 atom stereocenters. The lowest BCUT2D eigenvalue weighted by atomic mass is 9.94. The Kier molecular flexibility index (Phi) is 6.84. The van der Waals surface area contributed by atoms with E-state index in [0.717, 1.165) is 54.8 Å². The first-order chi connectivity index (χ1) is 17.7. The highest BCUT2D eigenvalue weighted by Crippen LogP contribution is 2.48. The van der Waals surface area contributed by atoms with Gasteiger partial charge in [-0.1, -0.05) is 43.9 Å². The van der Waals surface area contributed by atoms with E-state index in [9.17, 15) is 4.79 Å². The van der Waals surface area contributed by atoms with Crippen molar-refractivity contribution in [1.82, 2.24) is 15.3 Å². The number of nitrogens with one attached hydrogen (secondary N) is 2. The highest BCUT2D eigenvalue weighted by atomic mass is 16.8. The molecular weight excluding hydrogens is 456 g/mol. The average Bonchev–Trinajstić information content (AvgIpc) is 3.32. The zero-order valence-corrected chi connectivity index (χ0v) is 21.2. The molecule has 3 heterocycles. The molecule has 1 aromatic rings. The lowest BCUT2D eigenvalue weighted by Crippen LogP contribution is -2.43. The number of aromatic nitrogens is 2. The van der Waals surface area contributed by atoms with Gasteiger partial charge >= 0.3 is 0 Å². The Hall–Kier alpha value is -2.29. The summed E-state index contributed by atoms with van der Waals surface area (Å²) in [6, 6.07) is 0.448. The zero-order valence-electron chi connectivity index (χ0n) is 21.2. The highest BCUT2D eigenvalue weighted by molar-refractivity contribution is 5.83. The molecule has 0 radical (unpaired) electrons. The first-order valence-corrected chi connectivity index (χ1v) is 13.9. The second-order valence-corrected chi connectivity index (χ2v) is 10.8. The van der Waals surface area contributed by atoms with Crippen molar-refractivity contribution in [1.29, 1.82) is 0 Å². The molecule has 36 heavy (non-hydrogen) atoms. The fourth-order valence-corrected chi connectivity index (χ4v) is 6.59. The quantitative estimate of drug-likeness (QED) is 0.637. The second-order valence-electron chi connectivity index (χ2n) is 10.8. The standard InChI is InChI=1S/C28H38N4O4/c1-2-29-27(33)25-24-23(35-28(36-24)15-9-4-10-16-28)22(34-25)19-13-7-8-14-20-21(19)30-17-31-26(20)32-18-11-5-3-6-12-18/h7-8,13,17-18,22-25H,2-6,9-12,14-16H2,1H3,(H,29,33)(H,30,31,32). The van der Waals surface area contributed by atoms with Crippen molar-refractivity contribution in [2.45, 2.75) is 114 Å². The van der Waals surface area contributed by atoms with Crippen LogP contribution in [0, 0.1) is 0 Å².